The molecule has 0 unspecified atom stereocenters. The largest absolute Gasteiger partial charge is 0.319 e. The Balaban J connectivity index is 1.95. The average Bonchev–Trinajstić information content (AvgIpc) is 2.99. The zero-order valence-electron chi connectivity index (χ0n) is 11.2. The molecule has 0 saturated carbocycles. The van der Waals surface area contributed by atoms with Gasteiger partial charge in [-0.1, -0.05) is 18.5 Å². The SMILES string of the molecule is CCc1nc(C(=O)Nc2ccc(Cl)c3ncccc23)n[nH]1. The summed E-state index contributed by atoms with van der Waals surface area (Å²) >= 11 is 6.10. The van der Waals surface area contributed by atoms with E-state index < -0.39 is 0 Å². The molecule has 0 atom stereocenters. The van der Waals surface area contributed by atoms with Gasteiger partial charge < -0.3 is 5.32 Å². The van der Waals surface area contributed by atoms with Gasteiger partial charge in [0.25, 0.3) is 5.91 Å². The van der Waals surface area contributed by atoms with Crippen molar-refractivity contribution in [2.75, 3.05) is 5.32 Å². The Labute approximate surface area is 125 Å². The highest BCUT2D eigenvalue weighted by Crippen LogP contribution is 2.28. The molecule has 0 aliphatic carbocycles. The van der Waals surface area contributed by atoms with Crippen molar-refractivity contribution >= 4 is 34.1 Å². The first-order chi connectivity index (χ1) is 10.2. The van der Waals surface area contributed by atoms with Crippen molar-refractivity contribution in [1.29, 1.82) is 0 Å². The summed E-state index contributed by atoms with van der Waals surface area (Å²) in [5, 5.41) is 10.7. The molecule has 0 bridgehead atoms. The van der Waals surface area contributed by atoms with Crippen LogP contribution in [0.2, 0.25) is 5.02 Å². The van der Waals surface area contributed by atoms with Crippen molar-refractivity contribution < 1.29 is 4.79 Å². The van der Waals surface area contributed by atoms with Crippen LogP contribution < -0.4 is 5.32 Å². The number of anilines is 1. The van der Waals surface area contributed by atoms with Crippen LogP contribution in [0.25, 0.3) is 10.9 Å². The predicted molar refractivity (Wildman–Crippen MR) is 80.5 cm³/mol. The third-order valence-corrected chi connectivity index (χ3v) is 3.34. The minimum atomic E-state index is -0.376. The van der Waals surface area contributed by atoms with Crippen LogP contribution in [-0.2, 0) is 6.42 Å². The highest BCUT2D eigenvalue weighted by Gasteiger charge is 2.14. The number of nitrogens with one attached hydrogen (secondary N) is 2. The lowest BCUT2D eigenvalue weighted by Gasteiger charge is -2.07. The van der Waals surface area contributed by atoms with E-state index in [0.29, 0.717) is 28.5 Å². The molecule has 7 heteroatoms. The molecule has 6 nitrogen and oxygen atoms in total. The van der Waals surface area contributed by atoms with Gasteiger partial charge in [-0.25, -0.2) is 4.98 Å². The molecular weight excluding hydrogens is 290 g/mol. The fourth-order valence-electron chi connectivity index (χ4n) is 1.98. The van der Waals surface area contributed by atoms with E-state index in [1.807, 2.05) is 13.0 Å². The van der Waals surface area contributed by atoms with Crippen LogP contribution in [0.1, 0.15) is 23.4 Å². The Hall–Kier alpha value is -2.47. The normalized spacial score (nSPS) is 10.8. The highest BCUT2D eigenvalue weighted by molar-refractivity contribution is 6.35. The molecule has 0 radical (unpaired) electrons. The van der Waals surface area contributed by atoms with Crippen molar-refractivity contribution in [1.82, 2.24) is 20.2 Å². The number of aromatic nitrogens is 4. The predicted octanol–water partition coefficient (Wildman–Crippen LogP) is 2.82. The molecule has 1 amide bonds. The summed E-state index contributed by atoms with van der Waals surface area (Å²) in [6, 6.07) is 7.06. The molecule has 2 heterocycles. The number of pyridine rings is 1. The zero-order valence-corrected chi connectivity index (χ0v) is 12.0. The van der Waals surface area contributed by atoms with E-state index in [1.165, 1.54) is 0 Å². The molecule has 21 heavy (non-hydrogen) atoms. The van der Waals surface area contributed by atoms with Gasteiger partial charge in [0.05, 0.1) is 16.2 Å². The maximum absolute atomic E-state index is 12.2. The van der Waals surface area contributed by atoms with E-state index in [9.17, 15) is 4.79 Å². The van der Waals surface area contributed by atoms with Gasteiger partial charge in [-0.2, -0.15) is 0 Å². The number of fused-ring (bicyclic) bond motifs is 1. The van der Waals surface area contributed by atoms with Crippen LogP contribution in [0.4, 0.5) is 5.69 Å². The van der Waals surface area contributed by atoms with E-state index in [4.69, 9.17) is 11.6 Å². The van der Waals surface area contributed by atoms with Gasteiger partial charge in [0.2, 0.25) is 5.82 Å². The lowest BCUT2D eigenvalue weighted by molar-refractivity contribution is 0.101. The standard InChI is InChI=1S/C14H12ClN5O/c1-2-11-18-13(20-19-11)14(21)17-10-6-5-9(15)12-8(10)4-3-7-16-12/h3-7H,2H2,1H3,(H,17,21)(H,18,19,20). The maximum atomic E-state index is 12.2. The van der Waals surface area contributed by atoms with Gasteiger partial charge in [-0.15, -0.1) is 5.10 Å². The third kappa shape index (κ3) is 2.57. The second kappa shape index (κ2) is 5.49. The van der Waals surface area contributed by atoms with E-state index in [2.05, 4.69) is 25.5 Å². The second-order valence-corrected chi connectivity index (χ2v) is 4.82. The second-order valence-electron chi connectivity index (χ2n) is 4.41. The molecule has 3 rings (SSSR count). The number of H-pyrrole nitrogens is 1. The molecule has 1 aromatic carbocycles. The fraction of sp³-hybridized carbons (Fsp3) is 0.143. The molecule has 106 valence electrons. The molecule has 0 saturated heterocycles. The molecule has 0 fully saturated rings. The number of hydrogen-bond acceptors (Lipinski definition) is 4. The van der Waals surface area contributed by atoms with Crippen molar-refractivity contribution in [3.63, 3.8) is 0 Å². The Bertz CT molecular complexity index is 814. The van der Waals surface area contributed by atoms with Gasteiger partial charge in [-0.3, -0.25) is 14.9 Å². The third-order valence-electron chi connectivity index (χ3n) is 3.04. The minimum Gasteiger partial charge on any atom is -0.319 e. The molecule has 0 spiro atoms. The number of nitrogens with zero attached hydrogens (tertiary/aromatic N) is 3. The molecule has 2 aromatic heterocycles. The van der Waals surface area contributed by atoms with Crippen LogP contribution in [0, 0.1) is 0 Å². The Kier molecular flexibility index (Phi) is 3.53. The van der Waals surface area contributed by atoms with Gasteiger partial charge in [-0.05, 0) is 24.3 Å². The summed E-state index contributed by atoms with van der Waals surface area (Å²) in [6.45, 7) is 1.93. The number of carbonyl (C=O) groups excluding carboxylic acids is 1. The van der Waals surface area contributed by atoms with Crippen LogP contribution in [0.3, 0.4) is 0 Å². The van der Waals surface area contributed by atoms with E-state index in [0.717, 1.165) is 5.39 Å². The van der Waals surface area contributed by atoms with E-state index in [1.54, 1.807) is 24.4 Å². The molecule has 3 aromatic rings. The quantitative estimate of drug-likeness (QED) is 0.779. The van der Waals surface area contributed by atoms with Crippen molar-refractivity contribution in [2.45, 2.75) is 13.3 Å². The molecule has 2 N–H and O–H groups in total. The monoisotopic (exact) mass is 301 g/mol. The molecule has 0 aliphatic rings. The number of aromatic amines is 1. The highest BCUT2D eigenvalue weighted by atomic mass is 35.5. The Morgan fingerprint density at radius 3 is 3.00 bits per heavy atom. The fourth-order valence-corrected chi connectivity index (χ4v) is 2.19. The summed E-state index contributed by atoms with van der Waals surface area (Å²) in [5.74, 6) is 0.403. The summed E-state index contributed by atoms with van der Waals surface area (Å²) in [7, 11) is 0. The summed E-state index contributed by atoms with van der Waals surface area (Å²) in [6.07, 6.45) is 2.34. The number of aryl methyl sites for hydroxylation is 1. The topological polar surface area (TPSA) is 83.6 Å². The van der Waals surface area contributed by atoms with Gasteiger partial charge in [0, 0.05) is 18.0 Å². The Morgan fingerprint density at radius 1 is 1.38 bits per heavy atom. The van der Waals surface area contributed by atoms with E-state index in [-0.39, 0.29) is 11.7 Å². The number of rotatable bonds is 3. The lowest BCUT2D eigenvalue weighted by Crippen LogP contribution is -2.14. The number of halogens is 1. The number of hydrogen-bond donors (Lipinski definition) is 2. The minimum absolute atomic E-state index is 0.110. The first-order valence-electron chi connectivity index (χ1n) is 6.45. The average molecular weight is 302 g/mol. The van der Waals surface area contributed by atoms with Gasteiger partial charge in [0.1, 0.15) is 5.82 Å². The van der Waals surface area contributed by atoms with Crippen LogP contribution in [-0.4, -0.2) is 26.1 Å². The smallest absolute Gasteiger partial charge is 0.295 e. The van der Waals surface area contributed by atoms with Crippen molar-refractivity contribution in [3.05, 3.63) is 47.1 Å². The molecule has 0 aliphatic heterocycles. The zero-order chi connectivity index (χ0) is 14.8. The summed E-state index contributed by atoms with van der Waals surface area (Å²) < 4.78 is 0. The number of benzene rings is 1. The van der Waals surface area contributed by atoms with E-state index >= 15 is 0 Å². The number of carbonyl (C=O) groups is 1. The first-order valence-corrected chi connectivity index (χ1v) is 6.82. The summed E-state index contributed by atoms with van der Waals surface area (Å²) in [4.78, 5) is 20.5. The molecular formula is C14H12ClN5O. The van der Waals surface area contributed by atoms with Crippen LogP contribution in [0.5, 0.6) is 0 Å². The Morgan fingerprint density at radius 2 is 2.24 bits per heavy atom. The van der Waals surface area contributed by atoms with Crippen molar-refractivity contribution in [3.8, 4) is 0 Å². The van der Waals surface area contributed by atoms with Gasteiger partial charge >= 0.3 is 0 Å². The lowest BCUT2D eigenvalue weighted by atomic mass is 10.2. The van der Waals surface area contributed by atoms with Crippen LogP contribution in [0.15, 0.2) is 30.5 Å². The maximum Gasteiger partial charge on any atom is 0.295 e. The first kappa shape index (κ1) is 13.5. The van der Waals surface area contributed by atoms with Crippen molar-refractivity contribution in [2.24, 2.45) is 0 Å². The van der Waals surface area contributed by atoms with Crippen LogP contribution >= 0.6 is 11.6 Å². The number of amides is 1. The van der Waals surface area contributed by atoms with Gasteiger partial charge in [0.15, 0.2) is 0 Å². The summed E-state index contributed by atoms with van der Waals surface area (Å²) in [5.41, 5.74) is 1.26.